The van der Waals surface area contributed by atoms with E-state index in [1.165, 1.54) is 4.90 Å². The van der Waals surface area contributed by atoms with Gasteiger partial charge in [-0.25, -0.2) is 0 Å². The molecule has 30 heavy (non-hydrogen) atoms. The predicted octanol–water partition coefficient (Wildman–Crippen LogP) is 4.23. The van der Waals surface area contributed by atoms with Crippen LogP contribution in [0.1, 0.15) is 22.2 Å². The zero-order chi connectivity index (χ0) is 21.4. The molecular formula is C23H21ClN2O4. The lowest BCUT2D eigenvalue weighted by molar-refractivity contribution is -0.129. The summed E-state index contributed by atoms with van der Waals surface area (Å²) in [5.41, 5.74) is 1.27. The minimum Gasteiger partial charge on any atom is -0.503 e. The monoisotopic (exact) mass is 424 g/mol. The number of hydrogen-bond acceptors (Lipinski definition) is 5. The van der Waals surface area contributed by atoms with E-state index in [4.69, 9.17) is 16.0 Å². The minimum atomic E-state index is -0.726. The van der Waals surface area contributed by atoms with E-state index in [1.807, 2.05) is 37.2 Å². The van der Waals surface area contributed by atoms with Crippen LogP contribution in [0.2, 0.25) is 5.02 Å². The number of furan rings is 1. The average Bonchev–Trinajstić information content (AvgIpc) is 3.26. The fourth-order valence-corrected chi connectivity index (χ4v) is 3.77. The topological polar surface area (TPSA) is 74.0 Å². The van der Waals surface area contributed by atoms with Gasteiger partial charge in [-0.3, -0.25) is 9.59 Å². The first-order chi connectivity index (χ1) is 14.4. The number of benzene rings is 2. The molecule has 0 bridgehead atoms. The number of fused-ring (bicyclic) bond motifs is 1. The summed E-state index contributed by atoms with van der Waals surface area (Å²) < 4.78 is 5.71. The minimum absolute atomic E-state index is 0.0140. The smallest absolute Gasteiger partial charge is 0.290 e. The average molecular weight is 425 g/mol. The van der Waals surface area contributed by atoms with Gasteiger partial charge in [-0.2, -0.15) is 0 Å². The van der Waals surface area contributed by atoms with Gasteiger partial charge in [0.25, 0.3) is 5.91 Å². The molecule has 4 rings (SSSR count). The summed E-state index contributed by atoms with van der Waals surface area (Å²) in [6, 6.07) is 15.1. The first-order valence-corrected chi connectivity index (χ1v) is 9.92. The molecule has 6 nitrogen and oxygen atoms in total. The molecule has 1 aliphatic rings. The highest BCUT2D eigenvalue weighted by molar-refractivity contribution is 6.30. The molecule has 2 aromatic carbocycles. The van der Waals surface area contributed by atoms with Gasteiger partial charge in [0.15, 0.2) is 11.5 Å². The highest BCUT2D eigenvalue weighted by atomic mass is 35.5. The van der Waals surface area contributed by atoms with E-state index in [-0.39, 0.29) is 11.3 Å². The number of carbonyl (C=O) groups is 2. The highest BCUT2D eigenvalue weighted by Crippen LogP contribution is 2.39. The Balaban J connectivity index is 1.78. The van der Waals surface area contributed by atoms with Crippen molar-refractivity contribution in [3.63, 3.8) is 0 Å². The summed E-state index contributed by atoms with van der Waals surface area (Å²) >= 11 is 6.02. The number of Topliss-reactive ketones (excluding diaryl/α,β-unsaturated/α-hetero) is 1. The third kappa shape index (κ3) is 3.60. The molecule has 1 N–H and O–H groups in total. The van der Waals surface area contributed by atoms with E-state index < -0.39 is 23.5 Å². The van der Waals surface area contributed by atoms with Crippen LogP contribution in [0, 0.1) is 0 Å². The number of aliphatic hydroxyl groups excluding tert-OH is 1. The number of hydrogen-bond donors (Lipinski definition) is 1. The molecule has 2 heterocycles. The van der Waals surface area contributed by atoms with Gasteiger partial charge < -0.3 is 19.3 Å². The molecule has 3 aromatic rings. The SMILES string of the molecule is CN(C)CCN1C(=O)C(O)=C(C(=O)c2cc3ccccc3o2)[C@@H]1c1ccc(Cl)cc1. The van der Waals surface area contributed by atoms with Gasteiger partial charge in [0.1, 0.15) is 5.58 Å². The van der Waals surface area contributed by atoms with Gasteiger partial charge in [-0.05, 0) is 43.9 Å². The van der Waals surface area contributed by atoms with Crippen LogP contribution in [0.15, 0.2) is 70.3 Å². The van der Waals surface area contributed by atoms with Crippen LogP contribution in [0.4, 0.5) is 0 Å². The Morgan fingerprint density at radius 1 is 1.17 bits per heavy atom. The van der Waals surface area contributed by atoms with E-state index in [0.717, 1.165) is 5.39 Å². The van der Waals surface area contributed by atoms with E-state index in [1.54, 1.807) is 36.4 Å². The van der Waals surface area contributed by atoms with Crippen molar-refractivity contribution in [3.8, 4) is 0 Å². The molecule has 154 valence electrons. The molecule has 1 aliphatic heterocycles. The van der Waals surface area contributed by atoms with Crippen LogP contribution in [0.5, 0.6) is 0 Å². The number of likely N-dealkylation sites (N-methyl/N-ethyl adjacent to an activating group) is 1. The fraction of sp³-hybridized carbons (Fsp3) is 0.217. The largest absolute Gasteiger partial charge is 0.503 e. The lowest BCUT2D eigenvalue weighted by Crippen LogP contribution is -2.36. The third-order valence-electron chi connectivity index (χ3n) is 5.17. The zero-order valence-corrected chi connectivity index (χ0v) is 17.4. The van der Waals surface area contributed by atoms with Gasteiger partial charge in [0.2, 0.25) is 5.78 Å². The van der Waals surface area contributed by atoms with Gasteiger partial charge in [-0.15, -0.1) is 0 Å². The number of nitrogens with zero attached hydrogens (tertiary/aromatic N) is 2. The molecule has 0 aliphatic carbocycles. The second-order valence-electron chi connectivity index (χ2n) is 7.50. The first-order valence-electron chi connectivity index (χ1n) is 9.54. The lowest BCUT2D eigenvalue weighted by Gasteiger charge is -2.27. The van der Waals surface area contributed by atoms with Crippen LogP contribution in [-0.2, 0) is 4.79 Å². The van der Waals surface area contributed by atoms with Gasteiger partial charge in [-0.1, -0.05) is 41.9 Å². The maximum Gasteiger partial charge on any atom is 0.290 e. The normalized spacial score (nSPS) is 16.9. The number of aliphatic hydroxyl groups is 1. The standard InChI is InChI=1S/C23H21ClN2O4/c1-25(2)11-12-26-20(14-7-9-16(24)10-8-14)19(22(28)23(26)29)21(27)18-13-15-5-3-4-6-17(15)30-18/h3-10,13,20,28H,11-12H2,1-2H3/t20-/m0/s1. The van der Waals surface area contributed by atoms with Crippen molar-refractivity contribution < 1.29 is 19.1 Å². The molecule has 0 saturated carbocycles. The zero-order valence-electron chi connectivity index (χ0n) is 16.6. The Kier molecular flexibility index (Phi) is 5.37. The second-order valence-corrected chi connectivity index (χ2v) is 7.93. The molecule has 1 amide bonds. The van der Waals surface area contributed by atoms with E-state index >= 15 is 0 Å². The van der Waals surface area contributed by atoms with Crippen LogP contribution in [0.25, 0.3) is 11.0 Å². The van der Waals surface area contributed by atoms with Gasteiger partial charge >= 0.3 is 0 Å². The van der Waals surface area contributed by atoms with Gasteiger partial charge in [0, 0.05) is 23.5 Å². The molecule has 0 unspecified atom stereocenters. The quantitative estimate of drug-likeness (QED) is 0.599. The maximum absolute atomic E-state index is 13.4. The molecule has 1 aromatic heterocycles. The van der Waals surface area contributed by atoms with Crippen molar-refractivity contribution in [2.75, 3.05) is 27.2 Å². The molecule has 1 atom stereocenters. The maximum atomic E-state index is 13.4. The third-order valence-corrected chi connectivity index (χ3v) is 5.42. The molecule has 7 heteroatoms. The van der Waals surface area contributed by atoms with E-state index in [9.17, 15) is 14.7 Å². The van der Waals surface area contributed by atoms with Crippen LogP contribution < -0.4 is 0 Å². The first kappa shape index (κ1) is 20.2. The predicted molar refractivity (Wildman–Crippen MR) is 115 cm³/mol. The van der Waals surface area contributed by atoms with E-state index in [0.29, 0.717) is 29.3 Å². The Morgan fingerprint density at radius 2 is 1.87 bits per heavy atom. The fourth-order valence-electron chi connectivity index (χ4n) is 3.64. The summed E-state index contributed by atoms with van der Waals surface area (Å²) in [7, 11) is 3.79. The Bertz CT molecular complexity index is 1110. The summed E-state index contributed by atoms with van der Waals surface area (Å²) in [6.07, 6.45) is 0. The van der Waals surface area contributed by atoms with Gasteiger partial charge in [0.05, 0.1) is 11.6 Å². The number of halogens is 1. The second kappa shape index (κ2) is 7.97. The number of para-hydroxylation sites is 1. The number of rotatable bonds is 6. The van der Waals surface area contributed by atoms with Crippen LogP contribution in [0.3, 0.4) is 0 Å². The highest BCUT2D eigenvalue weighted by Gasteiger charge is 2.44. The molecule has 0 radical (unpaired) electrons. The summed E-state index contributed by atoms with van der Waals surface area (Å²) in [5.74, 6) is -1.54. The Labute approximate surface area is 178 Å². The van der Waals surface area contributed by atoms with E-state index in [2.05, 4.69) is 0 Å². The lowest BCUT2D eigenvalue weighted by atomic mass is 9.95. The molecular weight excluding hydrogens is 404 g/mol. The number of ketones is 1. The van der Waals surface area contributed by atoms with Crippen LogP contribution in [-0.4, -0.2) is 53.8 Å². The van der Waals surface area contributed by atoms with Crippen molar-refractivity contribution in [2.45, 2.75) is 6.04 Å². The molecule has 0 fully saturated rings. The summed E-state index contributed by atoms with van der Waals surface area (Å²) in [5, 5.41) is 12.0. The van der Waals surface area contributed by atoms with Crippen molar-refractivity contribution in [1.29, 1.82) is 0 Å². The number of carbonyl (C=O) groups excluding carboxylic acids is 2. The van der Waals surface area contributed by atoms with Crippen molar-refractivity contribution in [1.82, 2.24) is 9.80 Å². The van der Waals surface area contributed by atoms with Crippen LogP contribution >= 0.6 is 11.6 Å². The Morgan fingerprint density at radius 3 is 2.53 bits per heavy atom. The molecule has 0 saturated heterocycles. The summed E-state index contributed by atoms with van der Waals surface area (Å²) in [6.45, 7) is 0.926. The number of amides is 1. The Hall–Kier alpha value is -3.09. The molecule has 0 spiro atoms. The van der Waals surface area contributed by atoms with Crippen molar-refractivity contribution >= 4 is 34.3 Å². The van der Waals surface area contributed by atoms with Crippen molar-refractivity contribution in [2.24, 2.45) is 0 Å². The van der Waals surface area contributed by atoms with Crippen molar-refractivity contribution in [3.05, 3.63) is 82.3 Å². The summed E-state index contributed by atoms with van der Waals surface area (Å²) in [4.78, 5) is 29.7.